The highest BCUT2D eigenvalue weighted by Gasteiger charge is 2.24. The van der Waals surface area contributed by atoms with Crippen LogP contribution in [0.25, 0.3) is 33.0 Å². The molecule has 2 N–H and O–H groups in total. The predicted octanol–water partition coefficient (Wildman–Crippen LogP) is 5.62. The third-order valence-electron chi connectivity index (χ3n) is 5.82. The lowest BCUT2D eigenvalue weighted by Crippen LogP contribution is -2.16. The van der Waals surface area contributed by atoms with E-state index >= 15 is 0 Å². The highest BCUT2D eigenvalue weighted by molar-refractivity contribution is 5.93. The van der Waals surface area contributed by atoms with Crippen molar-refractivity contribution in [3.05, 3.63) is 94.0 Å². The molecule has 0 saturated heterocycles. The fourth-order valence-electron chi connectivity index (χ4n) is 4.34. The second kappa shape index (κ2) is 7.13. The SMILES string of the molecule is Cc1cccc(-c2c(C(C)n3nc(C)c4c(N)cccc43)oc3ccccc3c2=O)c1. The van der Waals surface area contributed by atoms with Crippen LogP contribution in [-0.2, 0) is 0 Å². The Kier molecular flexibility index (Phi) is 4.40. The van der Waals surface area contributed by atoms with Gasteiger partial charge in [-0.2, -0.15) is 5.10 Å². The third kappa shape index (κ3) is 3.01. The molecule has 5 rings (SSSR count). The quantitative estimate of drug-likeness (QED) is 0.393. The first kappa shape index (κ1) is 19.1. The average molecular weight is 409 g/mol. The summed E-state index contributed by atoms with van der Waals surface area (Å²) in [5.41, 5.74) is 11.7. The molecule has 5 heteroatoms. The number of fused-ring (bicyclic) bond motifs is 2. The zero-order valence-electron chi connectivity index (χ0n) is 17.7. The Labute approximate surface area is 179 Å². The molecule has 1 unspecified atom stereocenters. The molecule has 31 heavy (non-hydrogen) atoms. The summed E-state index contributed by atoms with van der Waals surface area (Å²) in [5.74, 6) is 0.584. The van der Waals surface area contributed by atoms with Crippen molar-refractivity contribution >= 4 is 27.6 Å². The van der Waals surface area contributed by atoms with Crippen molar-refractivity contribution in [2.75, 3.05) is 5.73 Å². The molecule has 0 amide bonds. The van der Waals surface area contributed by atoms with E-state index in [-0.39, 0.29) is 11.5 Å². The van der Waals surface area contributed by atoms with E-state index in [4.69, 9.17) is 15.2 Å². The number of rotatable bonds is 3. The first-order valence-electron chi connectivity index (χ1n) is 10.3. The molecule has 0 fully saturated rings. The highest BCUT2D eigenvalue weighted by Crippen LogP contribution is 2.34. The maximum atomic E-state index is 13.6. The molecule has 0 aliphatic rings. The molecule has 0 bridgehead atoms. The van der Waals surface area contributed by atoms with Gasteiger partial charge in [-0.05, 0) is 50.6 Å². The number of nitrogens with two attached hydrogens (primary N) is 1. The zero-order chi connectivity index (χ0) is 21.7. The van der Waals surface area contributed by atoms with Crippen LogP contribution in [0.15, 0.2) is 75.9 Å². The molecule has 1 atom stereocenters. The summed E-state index contributed by atoms with van der Waals surface area (Å²) in [6.45, 7) is 5.96. The summed E-state index contributed by atoms with van der Waals surface area (Å²) < 4.78 is 8.28. The summed E-state index contributed by atoms with van der Waals surface area (Å²) in [7, 11) is 0. The van der Waals surface area contributed by atoms with Crippen molar-refractivity contribution in [3.8, 4) is 11.1 Å². The lowest BCUT2D eigenvalue weighted by molar-refractivity contribution is 0.445. The molecule has 0 aliphatic carbocycles. The monoisotopic (exact) mass is 409 g/mol. The van der Waals surface area contributed by atoms with Crippen LogP contribution in [-0.4, -0.2) is 9.78 Å². The molecule has 2 aromatic heterocycles. The van der Waals surface area contributed by atoms with Crippen LogP contribution in [0.4, 0.5) is 5.69 Å². The number of benzene rings is 3. The fourth-order valence-corrected chi connectivity index (χ4v) is 4.34. The smallest absolute Gasteiger partial charge is 0.200 e. The summed E-state index contributed by atoms with van der Waals surface area (Å²) in [5, 5.41) is 6.26. The van der Waals surface area contributed by atoms with Gasteiger partial charge in [0, 0.05) is 11.1 Å². The van der Waals surface area contributed by atoms with Crippen LogP contribution in [0.2, 0.25) is 0 Å². The highest BCUT2D eigenvalue weighted by atomic mass is 16.3. The minimum Gasteiger partial charge on any atom is -0.458 e. The van der Waals surface area contributed by atoms with Crippen LogP contribution in [0.1, 0.15) is 30.0 Å². The Morgan fingerprint density at radius 2 is 1.77 bits per heavy atom. The molecule has 5 nitrogen and oxygen atoms in total. The maximum Gasteiger partial charge on any atom is 0.200 e. The number of aryl methyl sites for hydroxylation is 2. The Balaban J connectivity index is 1.83. The van der Waals surface area contributed by atoms with Crippen molar-refractivity contribution in [1.82, 2.24) is 9.78 Å². The molecule has 2 heterocycles. The summed E-state index contributed by atoms with van der Waals surface area (Å²) in [4.78, 5) is 13.6. The van der Waals surface area contributed by atoms with Gasteiger partial charge in [-0.15, -0.1) is 0 Å². The minimum atomic E-state index is -0.314. The minimum absolute atomic E-state index is 0.0398. The van der Waals surface area contributed by atoms with Gasteiger partial charge >= 0.3 is 0 Å². The molecular weight excluding hydrogens is 386 g/mol. The molecular formula is C26H23N3O2. The van der Waals surface area contributed by atoms with Gasteiger partial charge in [0.2, 0.25) is 5.43 Å². The van der Waals surface area contributed by atoms with Crippen LogP contribution in [0.5, 0.6) is 0 Å². The van der Waals surface area contributed by atoms with Gasteiger partial charge in [0.1, 0.15) is 17.4 Å². The molecule has 3 aromatic carbocycles. The molecule has 0 aliphatic heterocycles. The average Bonchev–Trinajstić information content (AvgIpc) is 3.11. The van der Waals surface area contributed by atoms with Gasteiger partial charge < -0.3 is 10.2 Å². The van der Waals surface area contributed by atoms with Crippen molar-refractivity contribution < 1.29 is 4.42 Å². The third-order valence-corrected chi connectivity index (χ3v) is 5.82. The first-order chi connectivity index (χ1) is 15.0. The predicted molar refractivity (Wildman–Crippen MR) is 125 cm³/mol. The molecule has 0 spiro atoms. The number of hydrogen-bond donors (Lipinski definition) is 1. The lowest BCUT2D eigenvalue weighted by Gasteiger charge is -2.18. The number of nitrogens with zero attached hydrogens (tertiary/aromatic N) is 2. The zero-order valence-corrected chi connectivity index (χ0v) is 17.7. The van der Waals surface area contributed by atoms with Gasteiger partial charge in [0.15, 0.2) is 0 Å². The van der Waals surface area contributed by atoms with E-state index in [1.165, 1.54) is 0 Å². The van der Waals surface area contributed by atoms with E-state index in [2.05, 4.69) is 0 Å². The van der Waals surface area contributed by atoms with Crippen molar-refractivity contribution in [3.63, 3.8) is 0 Å². The Morgan fingerprint density at radius 1 is 1.00 bits per heavy atom. The topological polar surface area (TPSA) is 74.1 Å². The summed E-state index contributed by atoms with van der Waals surface area (Å²) >= 11 is 0. The van der Waals surface area contributed by atoms with E-state index in [1.807, 2.05) is 92.2 Å². The van der Waals surface area contributed by atoms with Gasteiger partial charge in [0.05, 0.1) is 22.2 Å². The Morgan fingerprint density at radius 3 is 2.58 bits per heavy atom. The van der Waals surface area contributed by atoms with E-state index < -0.39 is 0 Å². The first-order valence-corrected chi connectivity index (χ1v) is 10.3. The van der Waals surface area contributed by atoms with E-state index in [0.717, 1.165) is 27.7 Å². The largest absolute Gasteiger partial charge is 0.458 e. The number of hydrogen-bond acceptors (Lipinski definition) is 4. The molecule has 5 aromatic rings. The number of para-hydroxylation sites is 1. The van der Waals surface area contributed by atoms with Crippen molar-refractivity contribution in [1.29, 1.82) is 0 Å². The van der Waals surface area contributed by atoms with E-state index in [9.17, 15) is 4.79 Å². The maximum absolute atomic E-state index is 13.6. The van der Waals surface area contributed by atoms with Crippen LogP contribution in [0, 0.1) is 13.8 Å². The van der Waals surface area contributed by atoms with E-state index in [0.29, 0.717) is 28.0 Å². The van der Waals surface area contributed by atoms with Crippen LogP contribution < -0.4 is 11.2 Å². The van der Waals surface area contributed by atoms with E-state index in [1.54, 1.807) is 0 Å². The second-order valence-corrected chi connectivity index (χ2v) is 7.98. The van der Waals surface area contributed by atoms with Gasteiger partial charge in [-0.1, -0.05) is 48.0 Å². The van der Waals surface area contributed by atoms with Crippen molar-refractivity contribution in [2.45, 2.75) is 26.8 Å². The van der Waals surface area contributed by atoms with Gasteiger partial charge in [0.25, 0.3) is 0 Å². The number of nitrogen functional groups attached to an aromatic ring is 1. The normalized spacial score (nSPS) is 12.5. The molecule has 0 radical (unpaired) electrons. The van der Waals surface area contributed by atoms with Crippen LogP contribution in [0.3, 0.4) is 0 Å². The second-order valence-electron chi connectivity index (χ2n) is 7.98. The molecule has 154 valence electrons. The Hall–Kier alpha value is -3.86. The van der Waals surface area contributed by atoms with Gasteiger partial charge in [-0.3, -0.25) is 9.48 Å². The Bertz CT molecular complexity index is 1510. The molecule has 0 saturated carbocycles. The standard InChI is InChI=1S/C26H23N3O2/c1-15-8-6-9-18(14-15)24-25(30)19-10-4-5-13-22(19)31-26(24)17(3)29-21-12-7-11-20(27)23(21)16(2)28-29/h4-14,17H,27H2,1-3H3. The number of aromatic nitrogens is 2. The van der Waals surface area contributed by atoms with Gasteiger partial charge in [-0.25, -0.2) is 0 Å². The van der Waals surface area contributed by atoms with Crippen LogP contribution >= 0.6 is 0 Å². The lowest BCUT2D eigenvalue weighted by atomic mass is 9.98. The summed E-state index contributed by atoms with van der Waals surface area (Å²) in [6.07, 6.45) is 0. The number of anilines is 1. The fraction of sp³-hybridized carbons (Fsp3) is 0.154. The summed E-state index contributed by atoms with van der Waals surface area (Å²) in [6, 6.07) is 20.8. The van der Waals surface area contributed by atoms with Crippen molar-refractivity contribution in [2.24, 2.45) is 0 Å².